The summed E-state index contributed by atoms with van der Waals surface area (Å²) in [4.78, 5) is 3.61. The van der Waals surface area contributed by atoms with E-state index in [1.165, 1.54) is 12.1 Å². The van der Waals surface area contributed by atoms with Crippen LogP contribution in [0.5, 0.6) is 0 Å². The van der Waals surface area contributed by atoms with E-state index in [0.29, 0.717) is 0 Å². The molecule has 0 aliphatic rings. The van der Waals surface area contributed by atoms with E-state index in [1.807, 2.05) is 0 Å². The number of hydrogen-bond donors (Lipinski definition) is 2. The van der Waals surface area contributed by atoms with Crippen LogP contribution >= 0.6 is 15.9 Å². The van der Waals surface area contributed by atoms with Crippen molar-refractivity contribution in [3.63, 3.8) is 0 Å². The third-order valence-corrected chi connectivity index (χ3v) is 3.26. The zero-order chi connectivity index (χ0) is 12.6. The van der Waals surface area contributed by atoms with Gasteiger partial charge in [-0.3, -0.25) is 0 Å². The van der Waals surface area contributed by atoms with Crippen molar-refractivity contribution in [1.29, 1.82) is 0 Å². The molecule has 1 heterocycles. The maximum atomic E-state index is 13.7. The van der Waals surface area contributed by atoms with Crippen molar-refractivity contribution in [2.45, 2.75) is 5.16 Å². The standard InChI is InChI=1S/C8H6BrFN4O2S/c9-5-3-1-2-4(6(5)10)7-12-8(14-13-7)17(11,15)16/h1-3H,(H2,11,15,16)(H,12,13,14). The van der Waals surface area contributed by atoms with Crippen LogP contribution in [0.25, 0.3) is 11.4 Å². The molecule has 0 aliphatic heterocycles. The number of hydrogen-bond acceptors (Lipinski definition) is 4. The highest BCUT2D eigenvalue weighted by molar-refractivity contribution is 9.10. The van der Waals surface area contributed by atoms with E-state index in [2.05, 4.69) is 31.1 Å². The van der Waals surface area contributed by atoms with E-state index in [0.717, 1.165) is 0 Å². The molecule has 0 saturated heterocycles. The van der Waals surface area contributed by atoms with Crippen LogP contribution in [0.3, 0.4) is 0 Å². The third kappa shape index (κ3) is 2.35. The minimum atomic E-state index is -3.98. The molecule has 0 amide bonds. The Bertz CT molecular complexity index is 670. The Balaban J connectivity index is 2.55. The lowest BCUT2D eigenvalue weighted by Crippen LogP contribution is -2.13. The largest absolute Gasteiger partial charge is 0.273 e. The number of nitrogens with one attached hydrogen (secondary N) is 1. The molecule has 0 fully saturated rings. The first-order valence-corrected chi connectivity index (χ1v) is 6.63. The monoisotopic (exact) mass is 320 g/mol. The van der Waals surface area contributed by atoms with Crippen LogP contribution in [0.4, 0.5) is 4.39 Å². The highest BCUT2D eigenvalue weighted by Gasteiger charge is 2.17. The number of halogens is 2. The minimum Gasteiger partial charge on any atom is -0.248 e. The Kier molecular flexibility index (Phi) is 2.98. The number of H-pyrrole nitrogens is 1. The molecule has 0 bridgehead atoms. The topological polar surface area (TPSA) is 102 Å². The molecule has 90 valence electrons. The van der Waals surface area contributed by atoms with E-state index < -0.39 is 21.0 Å². The van der Waals surface area contributed by atoms with Crippen LogP contribution in [-0.4, -0.2) is 23.6 Å². The molecule has 2 rings (SSSR count). The summed E-state index contributed by atoms with van der Waals surface area (Å²) in [6.45, 7) is 0. The molecule has 17 heavy (non-hydrogen) atoms. The summed E-state index contributed by atoms with van der Waals surface area (Å²) in [5.74, 6) is -0.653. The molecule has 0 aliphatic carbocycles. The molecule has 1 aromatic carbocycles. The molecule has 0 radical (unpaired) electrons. The molecule has 9 heteroatoms. The van der Waals surface area contributed by atoms with E-state index >= 15 is 0 Å². The Morgan fingerprint density at radius 3 is 2.71 bits per heavy atom. The number of rotatable bonds is 2. The summed E-state index contributed by atoms with van der Waals surface area (Å²) >= 11 is 3.01. The highest BCUT2D eigenvalue weighted by Crippen LogP contribution is 2.25. The lowest BCUT2D eigenvalue weighted by molar-refractivity contribution is 0.589. The van der Waals surface area contributed by atoms with E-state index in [-0.39, 0.29) is 15.9 Å². The van der Waals surface area contributed by atoms with E-state index in [1.54, 1.807) is 6.07 Å². The van der Waals surface area contributed by atoms with E-state index in [4.69, 9.17) is 5.14 Å². The molecule has 0 atom stereocenters. The molecule has 1 aromatic heterocycles. The number of primary sulfonamides is 1. The molecule has 6 nitrogen and oxygen atoms in total. The molecular weight excluding hydrogens is 315 g/mol. The summed E-state index contributed by atoms with van der Waals surface area (Å²) in [7, 11) is -3.98. The summed E-state index contributed by atoms with van der Waals surface area (Å²) < 4.78 is 35.8. The van der Waals surface area contributed by atoms with Crippen molar-refractivity contribution in [3.05, 3.63) is 28.5 Å². The average Bonchev–Trinajstić information content (AvgIpc) is 2.70. The predicted octanol–water partition coefficient (Wildman–Crippen LogP) is 1.02. The first-order valence-electron chi connectivity index (χ1n) is 4.29. The summed E-state index contributed by atoms with van der Waals surface area (Å²) in [5.41, 5.74) is 0.0746. The van der Waals surface area contributed by atoms with Gasteiger partial charge in [0.2, 0.25) is 0 Å². The van der Waals surface area contributed by atoms with Gasteiger partial charge in [0.15, 0.2) is 5.82 Å². The smallest absolute Gasteiger partial charge is 0.248 e. The summed E-state index contributed by atoms with van der Waals surface area (Å²) in [6.07, 6.45) is 0. The van der Waals surface area contributed by atoms with Crippen LogP contribution in [0, 0.1) is 5.82 Å². The van der Waals surface area contributed by atoms with Crippen molar-refractivity contribution in [3.8, 4) is 11.4 Å². The lowest BCUT2D eigenvalue weighted by Gasteiger charge is -1.99. The normalized spacial score (nSPS) is 11.7. The van der Waals surface area contributed by atoms with Crippen molar-refractivity contribution in [2.24, 2.45) is 5.14 Å². The Morgan fingerprint density at radius 1 is 1.41 bits per heavy atom. The second-order valence-corrected chi connectivity index (χ2v) is 5.44. The number of aromatic nitrogens is 3. The fraction of sp³-hybridized carbons (Fsp3) is 0. The number of nitrogens with two attached hydrogens (primary N) is 1. The van der Waals surface area contributed by atoms with Gasteiger partial charge in [0, 0.05) is 0 Å². The number of benzene rings is 1. The fourth-order valence-corrected chi connectivity index (χ4v) is 1.92. The van der Waals surface area contributed by atoms with Crippen LogP contribution in [0.2, 0.25) is 0 Å². The van der Waals surface area contributed by atoms with Crippen molar-refractivity contribution in [2.75, 3.05) is 0 Å². The molecule has 3 N–H and O–H groups in total. The Labute approximate surface area is 104 Å². The first-order chi connectivity index (χ1) is 7.89. The van der Waals surface area contributed by atoms with Gasteiger partial charge in [0.1, 0.15) is 5.82 Å². The quantitative estimate of drug-likeness (QED) is 0.862. The number of aromatic amines is 1. The summed E-state index contributed by atoms with van der Waals surface area (Å²) in [5, 5.41) is 10.1. The van der Waals surface area contributed by atoms with Crippen LogP contribution in [0.15, 0.2) is 27.8 Å². The zero-order valence-corrected chi connectivity index (χ0v) is 10.6. The highest BCUT2D eigenvalue weighted by atomic mass is 79.9. The van der Waals surface area contributed by atoms with Gasteiger partial charge in [-0.2, -0.15) is 10.1 Å². The van der Waals surface area contributed by atoms with Crippen molar-refractivity contribution >= 4 is 26.0 Å². The summed E-state index contributed by atoms with van der Waals surface area (Å²) in [6, 6.07) is 4.51. The van der Waals surface area contributed by atoms with Gasteiger partial charge in [0.25, 0.3) is 15.2 Å². The second kappa shape index (κ2) is 4.17. The fourth-order valence-electron chi connectivity index (χ4n) is 1.17. The van der Waals surface area contributed by atoms with Gasteiger partial charge in [0.05, 0.1) is 10.0 Å². The van der Waals surface area contributed by atoms with Gasteiger partial charge in [-0.05, 0) is 28.1 Å². The van der Waals surface area contributed by atoms with Crippen LogP contribution in [-0.2, 0) is 10.0 Å². The van der Waals surface area contributed by atoms with Gasteiger partial charge in [-0.15, -0.1) is 0 Å². The Morgan fingerprint density at radius 2 is 2.12 bits per heavy atom. The minimum absolute atomic E-state index is 0.0746. The van der Waals surface area contributed by atoms with Crippen molar-refractivity contribution in [1.82, 2.24) is 15.2 Å². The number of nitrogens with zero attached hydrogens (tertiary/aromatic N) is 2. The van der Waals surface area contributed by atoms with Gasteiger partial charge < -0.3 is 0 Å². The average molecular weight is 321 g/mol. The van der Waals surface area contributed by atoms with Gasteiger partial charge in [-0.25, -0.2) is 23.0 Å². The zero-order valence-electron chi connectivity index (χ0n) is 8.18. The maximum absolute atomic E-state index is 13.7. The second-order valence-electron chi connectivity index (χ2n) is 3.11. The third-order valence-electron chi connectivity index (χ3n) is 1.93. The molecule has 2 aromatic rings. The van der Waals surface area contributed by atoms with Gasteiger partial charge >= 0.3 is 0 Å². The molecule has 0 spiro atoms. The molecular formula is C8H6BrFN4O2S. The van der Waals surface area contributed by atoms with E-state index in [9.17, 15) is 12.8 Å². The predicted molar refractivity (Wildman–Crippen MR) is 60.8 cm³/mol. The lowest BCUT2D eigenvalue weighted by atomic mass is 10.2. The van der Waals surface area contributed by atoms with Crippen LogP contribution < -0.4 is 5.14 Å². The maximum Gasteiger partial charge on any atom is 0.273 e. The molecule has 0 unspecified atom stereocenters. The molecule has 0 saturated carbocycles. The van der Waals surface area contributed by atoms with Crippen LogP contribution in [0.1, 0.15) is 0 Å². The number of sulfonamides is 1. The van der Waals surface area contributed by atoms with Crippen molar-refractivity contribution < 1.29 is 12.8 Å². The first kappa shape index (κ1) is 12.1. The van der Waals surface area contributed by atoms with Gasteiger partial charge in [-0.1, -0.05) is 6.07 Å². The Hall–Kier alpha value is -1.32. The SMILES string of the molecule is NS(=O)(=O)c1nc(-c2cccc(Br)c2F)n[nH]1.